The van der Waals surface area contributed by atoms with Gasteiger partial charge in [-0.3, -0.25) is 18.9 Å². The molecule has 1 amide bonds. The minimum absolute atomic E-state index is 0.145. The van der Waals surface area contributed by atoms with Gasteiger partial charge < -0.3 is 10.2 Å². The molecule has 196 valence electrons. The summed E-state index contributed by atoms with van der Waals surface area (Å²) in [7, 11) is 1.71. The lowest BCUT2D eigenvalue weighted by atomic mass is 10.0. The number of halogens is 2. The maximum atomic E-state index is 13.8. The number of nitrogens with zero attached hydrogens (tertiary/aromatic N) is 4. The van der Waals surface area contributed by atoms with Gasteiger partial charge in [-0.1, -0.05) is 29.8 Å². The fourth-order valence-electron chi connectivity index (χ4n) is 4.71. The van der Waals surface area contributed by atoms with Crippen LogP contribution < -0.4 is 20.5 Å². The number of aromatic nitrogens is 3. The predicted molar refractivity (Wildman–Crippen MR) is 149 cm³/mol. The van der Waals surface area contributed by atoms with Gasteiger partial charge in [0.15, 0.2) is 0 Å². The first-order chi connectivity index (χ1) is 18.1. The van der Waals surface area contributed by atoms with Gasteiger partial charge in [0, 0.05) is 44.6 Å². The van der Waals surface area contributed by atoms with Gasteiger partial charge in [0.1, 0.15) is 16.0 Å². The summed E-state index contributed by atoms with van der Waals surface area (Å²) in [5.41, 5.74) is 4.69. The Morgan fingerprint density at radius 3 is 2.66 bits per heavy atom. The van der Waals surface area contributed by atoms with Gasteiger partial charge in [-0.05, 0) is 54.8 Å². The normalized spacial score (nSPS) is 13.5. The maximum absolute atomic E-state index is 13.8. The number of anilines is 2. The molecule has 0 aliphatic carbocycles. The second kappa shape index (κ2) is 10.3. The molecule has 38 heavy (non-hydrogen) atoms. The van der Waals surface area contributed by atoms with E-state index in [0.717, 1.165) is 34.2 Å². The maximum Gasteiger partial charge on any atom is 0.262 e. The first-order valence-electron chi connectivity index (χ1n) is 12.0. The highest BCUT2D eigenvalue weighted by Crippen LogP contribution is 2.33. The lowest BCUT2D eigenvalue weighted by Crippen LogP contribution is -2.29. The van der Waals surface area contributed by atoms with Crippen molar-refractivity contribution in [3.05, 3.63) is 86.0 Å². The molecule has 8 nitrogen and oxygen atoms in total. The SMILES string of the molecule is CC(=O)NSc1nc(Cl)ccc1NC(C)c1ccc(C)c2c(=O)n(C)c(N3Cc4ccc(F)cc4C3)nc12. The van der Waals surface area contributed by atoms with Crippen molar-refractivity contribution in [2.45, 2.75) is 44.9 Å². The molecule has 1 aliphatic heterocycles. The van der Waals surface area contributed by atoms with Gasteiger partial charge in [0.05, 0.1) is 22.6 Å². The second-order valence-corrected chi connectivity index (χ2v) is 10.5. The smallest absolute Gasteiger partial charge is 0.262 e. The summed E-state index contributed by atoms with van der Waals surface area (Å²) in [5.74, 6) is 0.0318. The molecule has 2 aromatic carbocycles. The van der Waals surface area contributed by atoms with E-state index < -0.39 is 0 Å². The highest BCUT2D eigenvalue weighted by molar-refractivity contribution is 7.98. The van der Waals surface area contributed by atoms with Crippen LogP contribution in [0.5, 0.6) is 0 Å². The number of fused-ring (bicyclic) bond motifs is 2. The molecule has 1 unspecified atom stereocenters. The quantitative estimate of drug-likeness (QED) is 0.249. The lowest BCUT2D eigenvalue weighted by molar-refractivity contribution is -0.117. The van der Waals surface area contributed by atoms with Crippen molar-refractivity contribution < 1.29 is 9.18 Å². The molecular formula is C27H26ClFN6O2S. The van der Waals surface area contributed by atoms with Crippen molar-refractivity contribution in [2.24, 2.45) is 7.05 Å². The summed E-state index contributed by atoms with van der Waals surface area (Å²) in [4.78, 5) is 36.3. The van der Waals surface area contributed by atoms with Crippen molar-refractivity contribution in [3.63, 3.8) is 0 Å². The minimum atomic E-state index is -0.281. The third kappa shape index (κ3) is 4.93. The monoisotopic (exact) mass is 552 g/mol. The molecule has 2 aromatic heterocycles. The van der Waals surface area contributed by atoms with E-state index in [-0.39, 0.29) is 23.3 Å². The van der Waals surface area contributed by atoms with Crippen LogP contribution in [0.4, 0.5) is 16.0 Å². The van der Waals surface area contributed by atoms with Crippen LogP contribution in [0.2, 0.25) is 5.15 Å². The standard InChI is InChI=1S/C27H26ClFN6O2S/c1-14-5-8-20(15(2)30-21-9-10-22(28)31-25(21)38-33-16(3)36)24-23(14)26(37)34(4)27(32-24)35-12-17-6-7-19(29)11-18(17)13-35/h5-11,15,30H,12-13H2,1-4H3,(H,33,36). The molecule has 0 radical (unpaired) electrons. The Morgan fingerprint density at radius 1 is 1.13 bits per heavy atom. The number of hydrogen-bond donors (Lipinski definition) is 2. The topological polar surface area (TPSA) is 92.2 Å². The van der Waals surface area contributed by atoms with Gasteiger partial charge in [-0.15, -0.1) is 0 Å². The molecule has 2 N–H and O–H groups in total. The Bertz CT molecular complexity index is 1640. The minimum Gasteiger partial charge on any atom is -0.376 e. The summed E-state index contributed by atoms with van der Waals surface area (Å²) in [6.45, 7) is 6.29. The van der Waals surface area contributed by atoms with Crippen molar-refractivity contribution in [3.8, 4) is 0 Å². The zero-order valence-corrected chi connectivity index (χ0v) is 22.9. The summed E-state index contributed by atoms with van der Waals surface area (Å²) in [5, 5.41) is 4.80. The molecule has 11 heteroatoms. The van der Waals surface area contributed by atoms with E-state index >= 15 is 0 Å². The van der Waals surface area contributed by atoms with Gasteiger partial charge >= 0.3 is 0 Å². The summed E-state index contributed by atoms with van der Waals surface area (Å²) < 4.78 is 18.1. The van der Waals surface area contributed by atoms with Crippen molar-refractivity contribution in [1.82, 2.24) is 19.3 Å². The third-order valence-corrected chi connectivity index (χ3v) is 7.68. The Kier molecular flexibility index (Phi) is 7.02. The van der Waals surface area contributed by atoms with Crippen molar-refractivity contribution in [1.29, 1.82) is 0 Å². The zero-order valence-electron chi connectivity index (χ0n) is 21.3. The molecule has 1 atom stereocenters. The number of rotatable bonds is 6. The predicted octanol–water partition coefficient (Wildman–Crippen LogP) is 5.27. The molecule has 3 heterocycles. The fourth-order valence-corrected chi connectivity index (χ4v) is 5.52. The largest absolute Gasteiger partial charge is 0.376 e. The average molecular weight is 553 g/mol. The van der Waals surface area contributed by atoms with E-state index in [1.165, 1.54) is 19.1 Å². The Balaban J connectivity index is 1.55. The number of aryl methyl sites for hydroxylation is 1. The number of benzene rings is 2. The summed E-state index contributed by atoms with van der Waals surface area (Å²) >= 11 is 7.17. The van der Waals surface area contributed by atoms with E-state index in [0.29, 0.717) is 45.8 Å². The molecule has 4 aromatic rings. The molecule has 0 spiro atoms. The number of carbonyl (C=O) groups is 1. The fraction of sp³-hybridized carbons (Fsp3) is 0.259. The summed E-state index contributed by atoms with van der Waals surface area (Å²) in [6.07, 6.45) is 0. The highest BCUT2D eigenvalue weighted by Gasteiger charge is 2.25. The molecule has 5 rings (SSSR count). The Labute approximate surface area is 228 Å². The van der Waals surface area contributed by atoms with E-state index in [9.17, 15) is 14.0 Å². The Morgan fingerprint density at radius 2 is 1.89 bits per heavy atom. The van der Waals surface area contributed by atoms with Gasteiger partial charge in [0.25, 0.3) is 5.56 Å². The number of hydrogen-bond acceptors (Lipinski definition) is 7. The first kappa shape index (κ1) is 26.0. The zero-order chi connectivity index (χ0) is 27.1. The average Bonchev–Trinajstić information content (AvgIpc) is 3.29. The number of pyridine rings is 1. The van der Waals surface area contributed by atoms with E-state index in [2.05, 4.69) is 15.0 Å². The van der Waals surface area contributed by atoms with Crippen LogP contribution in [-0.2, 0) is 24.9 Å². The summed E-state index contributed by atoms with van der Waals surface area (Å²) in [6, 6.07) is 11.8. The molecule has 0 saturated carbocycles. The molecule has 0 bridgehead atoms. The van der Waals surface area contributed by atoms with Crippen molar-refractivity contribution >= 4 is 52.0 Å². The number of amides is 1. The van der Waals surface area contributed by atoms with Crippen LogP contribution in [0.25, 0.3) is 10.9 Å². The lowest BCUT2D eigenvalue weighted by Gasteiger charge is -2.23. The van der Waals surface area contributed by atoms with Crippen LogP contribution in [0.1, 0.15) is 42.1 Å². The number of carbonyl (C=O) groups excluding carboxylic acids is 1. The van der Waals surface area contributed by atoms with Crippen LogP contribution in [0.15, 0.2) is 52.3 Å². The first-order valence-corrected chi connectivity index (χ1v) is 13.2. The Hall–Kier alpha value is -3.63. The number of nitrogens with one attached hydrogen (secondary N) is 2. The molecule has 1 aliphatic rings. The van der Waals surface area contributed by atoms with Gasteiger partial charge in [-0.2, -0.15) is 0 Å². The van der Waals surface area contributed by atoms with Crippen LogP contribution >= 0.6 is 23.5 Å². The van der Waals surface area contributed by atoms with E-state index in [1.807, 2.05) is 30.9 Å². The molecule has 0 fully saturated rings. The molecule has 0 saturated heterocycles. The van der Waals surface area contributed by atoms with Gasteiger partial charge in [0.2, 0.25) is 11.9 Å². The second-order valence-electron chi connectivity index (χ2n) is 9.35. The van der Waals surface area contributed by atoms with Crippen LogP contribution in [0, 0.1) is 12.7 Å². The third-order valence-electron chi connectivity index (χ3n) is 6.58. The van der Waals surface area contributed by atoms with Crippen LogP contribution in [0.3, 0.4) is 0 Å². The molecular weight excluding hydrogens is 527 g/mol. The van der Waals surface area contributed by atoms with Crippen molar-refractivity contribution in [2.75, 3.05) is 10.2 Å². The van der Waals surface area contributed by atoms with E-state index in [1.54, 1.807) is 29.8 Å². The van der Waals surface area contributed by atoms with Crippen LogP contribution in [-0.4, -0.2) is 20.4 Å². The highest BCUT2D eigenvalue weighted by atomic mass is 35.5. The van der Waals surface area contributed by atoms with Gasteiger partial charge in [-0.25, -0.2) is 14.4 Å². The van der Waals surface area contributed by atoms with E-state index in [4.69, 9.17) is 16.6 Å².